The van der Waals surface area contributed by atoms with E-state index in [-0.39, 0.29) is 24.5 Å². The molecule has 0 aliphatic rings. The molecule has 9 heteroatoms. The summed E-state index contributed by atoms with van der Waals surface area (Å²) in [6.45, 7) is 0.166. The van der Waals surface area contributed by atoms with E-state index in [0.717, 1.165) is 0 Å². The Kier molecular flexibility index (Phi) is 6.76. The molecule has 3 N–H and O–H groups in total. The van der Waals surface area contributed by atoms with Crippen LogP contribution in [0.4, 0.5) is 8.78 Å². The predicted molar refractivity (Wildman–Crippen MR) is 108 cm³/mol. The fourth-order valence-corrected chi connectivity index (χ4v) is 2.69. The first-order valence-electron chi connectivity index (χ1n) is 9.20. The van der Waals surface area contributed by atoms with Crippen molar-refractivity contribution in [2.45, 2.75) is 13.1 Å². The van der Waals surface area contributed by atoms with Gasteiger partial charge in [0.05, 0.1) is 7.11 Å². The molecular formula is C22H19F2N3O4. The van der Waals surface area contributed by atoms with Crippen molar-refractivity contribution < 1.29 is 28.2 Å². The van der Waals surface area contributed by atoms with Gasteiger partial charge in [0.25, 0.3) is 11.8 Å². The molecule has 0 fully saturated rings. The zero-order valence-electron chi connectivity index (χ0n) is 16.5. The minimum Gasteiger partial charge on any atom is -0.503 e. The monoisotopic (exact) mass is 427 g/mol. The van der Waals surface area contributed by atoms with Crippen LogP contribution in [0.25, 0.3) is 0 Å². The summed E-state index contributed by atoms with van der Waals surface area (Å²) >= 11 is 0. The van der Waals surface area contributed by atoms with Crippen LogP contribution in [0.5, 0.6) is 11.5 Å². The van der Waals surface area contributed by atoms with Crippen molar-refractivity contribution in [2.24, 2.45) is 0 Å². The second kappa shape index (κ2) is 9.66. The number of pyridine rings is 1. The van der Waals surface area contributed by atoms with E-state index in [1.807, 2.05) is 0 Å². The molecule has 1 aromatic heterocycles. The first kappa shape index (κ1) is 21.7. The predicted octanol–water partition coefficient (Wildman–Crippen LogP) is 2.93. The molecule has 2 amide bonds. The van der Waals surface area contributed by atoms with Gasteiger partial charge in [-0.05, 0) is 35.4 Å². The van der Waals surface area contributed by atoms with Gasteiger partial charge in [0, 0.05) is 19.2 Å². The van der Waals surface area contributed by atoms with Gasteiger partial charge >= 0.3 is 0 Å². The van der Waals surface area contributed by atoms with Gasteiger partial charge in [-0.15, -0.1) is 0 Å². The number of aromatic nitrogens is 1. The van der Waals surface area contributed by atoms with Crippen LogP contribution in [0.2, 0.25) is 0 Å². The van der Waals surface area contributed by atoms with Gasteiger partial charge in [0.15, 0.2) is 17.2 Å². The zero-order valence-corrected chi connectivity index (χ0v) is 16.5. The average molecular weight is 427 g/mol. The Morgan fingerprint density at radius 1 is 0.903 bits per heavy atom. The van der Waals surface area contributed by atoms with E-state index < -0.39 is 34.9 Å². The van der Waals surface area contributed by atoms with Gasteiger partial charge in [-0.2, -0.15) is 0 Å². The number of ether oxygens (including phenoxy) is 1. The lowest BCUT2D eigenvalue weighted by Crippen LogP contribution is -2.27. The summed E-state index contributed by atoms with van der Waals surface area (Å²) in [6.07, 6.45) is 0. The number of amides is 2. The van der Waals surface area contributed by atoms with Gasteiger partial charge in [0.1, 0.15) is 17.3 Å². The summed E-state index contributed by atoms with van der Waals surface area (Å²) in [5, 5.41) is 15.4. The number of benzene rings is 2. The van der Waals surface area contributed by atoms with Crippen LogP contribution >= 0.6 is 0 Å². The Labute approximate surface area is 176 Å². The lowest BCUT2D eigenvalue weighted by atomic mass is 10.2. The van der Waals surface area contributed by atoms with Gasteiger partial charge in [-0.3, -0.25) is 9.59 Å². The summed E-state index contributed by atoms with van der Waals surface area (Å²) in [5.41, 5.74) is 0.754. The molecule has 7 nitrogen and oxygen atoms in total. The minimum absolute atomic E-state index is 0.0591. The molecular weight excluding hydrogens is 408 g/mol. The first-order chi connectivity index (χ1) is 14.9. The van der Waals surface area contributed by atoms with E-state index in [9.17, 15) is 23.5 Å². The van der Waals surface area contributed by atoms with E-state index in [1.165, 1.54) is 61.7 Å². The van der Waals surface area contributed by atoms with Crippen molar-refractivity contribution in [2.75, 3.05) is 7.11 Å². The van der Waals surface area contributed by atoms with Crippen molar-refractivity contribution in [1.82, 2.24) is 15.6 Å². The number of methoxy groups -OCH3 is 1. The van der Waals surface area contributed by atoms with Crippen molar-refractivity contribution in [3.8, 4) is 11.5 Å². The molecule has 0 spiro atoms. The molecule has 160 valence electrons. The molecule has 0 bridgehead atoms. The number of rotatable bonds is 7. The number of aromatic hydroxyl groups is 1. The van der Waals surface area contributed by atoms with Crippen LogP contribution in [0.1, 0.15) is 32.1 Å². The topological polar surface area (TPSA) is 101 Å². The van der Waals surface area contributed by atoms with Crippen molar-refractivity contribution >= 4 is 11.8 Å². The van der Waals surface area contributed by atoms with Crippen molar-refractivity contribution in [1.29, 1.82) is 0 Å². The molecule has 0 aliphatic heterocycles. The maximum Gasteiger partial charge on any atom is 0.274 e. The number of hydrogen-bond acceptors (Lipinski definition) is 5. The summed E-state index contributed by atoms with van der Waals surface area (Å²) in [7, 11) is 1.27. The molecule has 3 rings (SSSR count). The maximum atomic E-state index is 13.0. The molecule has 0 radical (unpaired) electrons. The molecule has 1 heterocycles. The first-order valence-corrected chi connectivity index (χ1v) is 9.20. The fraction of sp³-hybridized carbons (Fsp3) is 0.136. The number of halogens is 2. The van der Waals surface area contributed by atoms with Crippen molar-refractivity contribution in [3.63, 3.8) is 0 Å². The average Bonchev–Trinajstić information content (AvgIpc) is 2.78. The number of nitrogens with one attached hydrogen (secondary N) is 2. The second-order valence-electron chi connectivity index (χ2n) is 6.53. The molecule has 3 aromatic rings. The Balaban J connectivity index is 1.74. The molecule has 0 saturated carbocycles. The van der Waals surface area contributed by atoms with Gasteiger partial charge < -0.3 is 20.5 Å². The Hall–Kier alpha value is -4.01. The van der Waals surface area contributed by atoms with E-state index in [1.54, 1.807) is 0 Å². The summed E-state index contributed by atoms with van der Waals surface area (Å²) in [5.74, 6) is -2.78. The Bertz CT molecular complexity index is 1090. The summed E-state index contributed by atoms with van der Waals surface area (Å²) in [6, 6.07) is 12.3. The molecule has 31 heavy (non-hydrogen) atoms. The summed E-state index contributed by atoms with van der Waals surface area (Å²) < 4.78 is 31.0. The number of carbonyl (C=O) groups excluding carboxylic acids is 2. The standard InChI is InChI=1S/C22H19F2N3O4/c1-31-18-10-17(21(29)25-11-13-2-6-15(23)7-3-13)27-19(20(18)28)22(30)26-12-14-4-8-16(24)9-5-14/h2-10,28H,11-12H2,1H3,(H,25,29)(H,26,30). The number of nitrogens with zero attached hydrogens (tertiary/aromatic N) is 1. The highest BCUT2D eigenvalue weighted by atomic mass is 19.1. The van der Waals surface area contributed by atoms with E-state index in [4.69, 9.17) is 4.74 Å². The van der Waals surface area contributed by atoms with Gasteiger partial charge in [0.2, 0.25) is 0 Å². The van der Waals surface area contributed by atoms with Crippen LogP contribution < -0.4 is 15.4 Å². The summed E-state index contributed by atoms with van der Waals surface area (Å²) in [4.78, 5) is 29.0. The van der Waals surface area contributed by atoms with E-state index in [2.05, 4.69) is 15.6 Å². The third-order valence-electron chi connectivity index (χ3n) is 4.36. The van der Waals surface area contributed by atoms with Crippen LogP contribution in [0, 0.1) is 11.6 Å². The van der Waals surface area contributed by atoms with Gasteiger partial charge in [-0.1, -0.05) is 24.3 Å². The molecule has 0 saturated heterocycles. The molecule has 0 aliphatic carbocycles. The second-order valence-corrected chi connectivity index (χ2v) is 6.53. The third-order valence-corrected chi connectivity index (χ3v) is 4.36. The smallest absolute Gasteiger partial charge is 0.274 e. The highest BCUT2D eigenvalue weighted by Crippen LogP contribution is 2.29. The Morgan fingerprint density at radius 2 is 1.39 bits per heavy atom. The molecule has 0 atom stereocenters. The largest absolute Gasteiger partial charge is 0.503 e. The lowest BCUT2D eigenvalue weighted by molar-refractivity contribution is 0.0938. The third kappa shape index (κ3) is 5.53. The fourth-order valence-electron chi connectivity index (χ4n) is 2.69. The van der Waals surface area contributed by atoms with Crippen LogP contribution in [-0.2, 0) is 13.1 Å². The Morgan fingerprint density at radius 3 is 1.87 bits per heavy atom. The van der Waals surface area contributed by atoms with Crippen LogP contribution in [0.3, 0.4) is 0 Å². The van der Waals surface area contributed by atoms with Crippen LogP contribution in [-0.4, -0.2) is 29.0 Å². The number of hydrogen-bond donors (Lipinski definition) is 3. The van der Waals surface area contributed by atoms with Crippen LogP contribution in [0.15, 0.2) is 54.6 Å². The maximum absolute atomic E-state index is 13.0. The lowest BCUT2D eigenvalue weighted by Gasteiger charge is -2.12. The highest BCUT2D eigenvalue weighted by Gasteiger charge is 2.21. The molecule has 2 aromatic carbocycles. The highest BCUT2D eigenvalue weighted by molar-refractivity contribution is 5.99. The van der Waals surface area contributed by atoms with E-state index in [0.29, 0.717) is 11.1 Å². The quantitative estimate of drug-likeness (QED) is 0.538. The zero-order chi connectivity index (χ0) is 22.4. The minimum atomic E-state index is -0.742. The normalized spacial score (nSPS) is 10.4. The SMILES string of the molecule is COc1cc(C(=O)NCc2ccc(F)cc2)nc(C(=O)NCc2ccc(F)cc2)c1O. The molecule has 0 unspecified atom stereocenters. The van der Waals surface area contributed by atoms with Crippen molar-refractivity contribution in [3.05, 3.63) is 88.7 Å². The van der Waals surface area contributed by atoms with Gasteiger partial charge in [-0.25, -0.2) is 13.8 Å². The number of carbonyl (C=O) groups is 2. The van der Waals surface area contributed by atoms with E-state index >= 15 is 0 Å².